The van der Waals surface area contributed by atoms with Crippen LogP contribution >= 0.6 is 0 Å². The van der Waals surface area contributed by atoms with Crippen LogP contribution in [0.3, 0.4) is 0 Å². The van der Waals surface area contributed by atoms with E-state index >= 15 is 0 Å². The Labute approximate surface area is 99.3 Å². The fourth-order valence-electron chi connectivity index (χ4n) is 1.17. The summed E-state index contributed by atoms with van der Waals surface area (Å²) in [5.41, 5.74) is 2.76. The van der Waals surface area contributed by atoms with Crippen LogP contribution in [0.15, 0.2) is 24.3 Å². The smallest absolute Gasteiger partial charge is 0.421 e. The number of para-hydroxylation sites is 1. The maximum absolute atomic E-state index is 10.6. The number of carbonyl (C=O) groups is 1. The first-order valence-electron chi connectivity index (χ1n) is 5.13. The molecule has 0 radical (unpaired) electrons. The summed E-state index contributed by atoms with van der Waals surface area (Å²) in [5.74, 6) is 5.50. The summed E-state index contributed by atoms with van der Waals surface area (Å²) in [4.78, 5) is 10.6. The molecule has 0 bridgehead atoms. The van der Waals surface area contributed by atoms with Gasteiger partial charge in [0.05, 0.1) is 0 Å². The van der Waals surface area contributed by atoms with Crippen molar-refractivity contribution < 1.29 is 19.4 Å². The second-order valence-corrected chi connectivity index (χ2v) is 3.47. The molecule has 1 atom stereocenters. The molecule has 1 aromatic carbocycles. The lowest BCUT2D eigenvalue weighted by atomic mass is 10.2. The largest absolute Gasteiger partial charge is 0.490 e. The zero-order chi connectivity index (χ0) is 12.7. The fourth-order valence-corrected chi connectivity index (χ4v) is 1.17. The summed E-state index contributed by atoms with van der Waals surface area (Å²) >= 11 is 0. The molecule has 1 unspecified atom stereocenters. The summed E-state index contributed by atoms with van der Waals surface area (Å²) < 4.78 is 9.94. The standard InChI is InChI=1S/C11H16N2O4/c1-8-4-2-3-5-10(8)16-6-9(14)7-17-11(15)13-12/h2-5,9,14H,6-7,12H2,1H3,(H,13,15). The molecule has 0 heterocycles. The molecule has 0 aliphatic carbocycles. The quantitative estimate of drug-likeness (QED) is 0.392. The van der Waals surface area contributed by atoms with Gasteiger partial charge in [0.2, 0.25) is 0 Å². The van der Waals surface area contributed by atoms with Gasteiger partial charge in [-0.25, -0.2) is 10.6 Å². The fraction of sp³-hybridized carbons (Fsp3) is 0.364. The number of carbonyl (C=O) groups excluding carboxylic acids is 1. The first-order chi connectivity index (χ1) is 8.13. The lowest BCUT2D eigenvalue weighted by Gasteiger charge is -2.13. The number of rotatable bonds is 5. The number of nitrogens with two attached hydrogens (primary N) is 1. The van der Waals surface area contributed by atoms with Gasteiger partial charge in [-0.15, -0.1) is 0 Å². The van der Waals surface area contributed by atoms with Gasteiger partial charge in [-0.05, 0) is 18.6 Å². The van der Waals surface area contributed by atoms with Crippen molar-refractivity contribution >= 4 is 6.09 Å². The molecule has 0 fully saturated rings. The molecular formula is C11H16N2O4. The van der Waals surface area contributed by atoms with Crippen LogP contribution in [0.1, 0.15) is 5.56 Å². The predicted octanol–water partition coefficient (Wildman–Crippen LogP) is 0.335. The van der Waals surface area contributed by atoms with Gasteiger partial charge in [-0.2, -0.15) is 0 Å². The summed E-state index contributed by atoms with van der Waals surface area (Å²) in [6.07, 6.45) is -1.69. The van der Waals surface area contributed by atoms with Gasteiger partial charge in [0.15, 0.2) is 0 Å². The van der Waals surface area contributed by atoms with E-state index in [0.29, 0.717) is 5.75 Å². The minimum Gasteiger partial charge on any atom is -0.490 e. The van der Waals surface area contributed by atoms with Crippen LogP contribution in [-0.4, -0.2) is 30.5 Å². The molecule has 0 spiro atoms. The van der Waals surface area contributed by atoms with Crippen LogP contribution in [0.4, 0.5) is 4.79 Å². The Morgan fingerprint density at radius 2 is 2.18 bits per heavy atom. The van der Waals surface area contributed by atoms with Crippen molar-refractivity contribution in [3.63, 3.8) is 0 Å². The normalized spacial score (nSPS) is 11.7. The first kappa shape index (κ1) is 13.3. The van der Waals surface area contributed by atoms with E-state index in [1.165, 1.54) is 0 Å². The number of aliphatic hydroxyl groups is 1. The van der Waals surface area contributed by atoms with Gasteiger partial charge >= 0.3 is 6.09 Å². The van der Waals surface area contributed by atoms with Crippen molar-refractivity contribution in [1.29, 1.82) is 0 Å². The van der Waals surface area contributed by atoms with E-state index in [1.54, 1.807) is 11.5 Å². The number of benzene rings is 1. The third-order valence-corrected chi connectivity index (χ3v) is 2.05. The monoisotopic (exact) mass is 240 g/mol. The van der Waals surface area contributed by atoms with Crippen LogP contribution in [0, 0.1) is 6.92 Å². The van der Waals surface area contributed by atoms with Crippen molar-refractivity contribution in [3.8, 4) is 5.75 Å². The Morgan fingerprint density at radius 1 is 1.47 bits per heavy atom. The average molecular weight is 240 g/mol. The number of aliphatic hydroxyl groups excluding tert-OH is 1. The number of aryl methyl sites for hydroxylation is 1. The number of hydrogen-bond donors (Lipinski definition) is 3. The van der Waals surface area contributed by atoms with Crippen molar-refractivity contribution in [2.24, 2.45) is 5.84 Å². The molecule has 1 aromatic rings. The third-order valence-electron chi connectivity index (χ3n) is 2.05. The molecule has 6 nitrogen and oxygen atoms in total. The van der Waals surface area contributed by atoms with E-state index in [2.05, 4.69) is 4.74 Å². The maximum atomic E-state index is 10.6. The highest BCUT2D eigenvalue weighted by Crippen LogP contribution is 2.16. The molecule has 1 rings (SSSR count). The molecule has 94 valence electrons. The van der Waals surface area contributed by atoms with Crippen molar-refractivity contribution in [1.82, 2.24) is 5.43 Å². The molecular weight excluding hydrogens is 224 g/mol. The number of amides is 1. The van der Waals surface area contributed by atoms with E-state index in [1.807, 2.05) is 25.1 Å². The highest BCUT2D eigenvalue weighted by atomic mass is 16.6. The summed E-state index contributed by atoms with van der Waals surface area (Å²) in [5, 5.41) is 9.47. The summed E-state index contributed by atoms with van der Waals surface area (Å²) in [6, 6.07) is 7.44. The molecule has 0 aliphatic rings. The maximum Gasteiger partial charge on any atom is 0.421 e. The molecule has 0 aliphatic heterocycles. The van der Waals surface area contributed by atoms with Crippen molar-refractivity contribution in [2.75, 3.05) is 13.2 Å². The molecule has 4 N–H and O–H groups in total. The van der Waals surface area contributed by atoms with Gasteiger partial charge < -0.3 is 14.6 Å². The van der Waals surface area contributed by atoms with Gasteiger partial charge in [0.1, 0.15) is 25.1 Å². The van der Waals surface area contributed by atoms with E-state index in [9.17, 15) is 9.90 Å². The number of hydrazine groups is 1. The zero-order valence-corrected chi connectivity index (χ0v) is 9.55. The predicted molar refractivity (Wildman–Crippen MR) is 61.4 cm³/mol. The Bertz CT molecular complexity index is 370. The summed E-state index contributed by atoms with van der Waals surface area (Å²) in [6.45, 7) is 1.78. The minimum absolute atomic E-state index is 0.0443. The van der Waals surface area contributed by atoms with Gasteiger partial charge in [-0.1, -0.05) is 18.2 Å². The Morgan fingerprint density at radius 3 is 2.82 bits per heavy atom. The Hall–Kier alpha value is -1.79. The molecule has 6 heteroatoms. The number of ether oxygens (including phenoxy) is 2. The average Bonchev–Trinajstić information content (AvgIpc) is 2.35. The molecule has 0 saturated heterocycles. The van der Waals surface area contributed by atoms with Crippen LogP contribution in [0.25, 0.3) is 0 Å². The number of nitrogens with one attached hydrogen (secondary N) is 1. The third kappa shape index (κ3) is 4.71. The van der Waals surface area contributed by atoms with Gasteiger partial charge in [0, 0.05) is 0 Å². The second-order valence-electron chi connectivity index (χ2n) is 3.47. The second kappa shape index (κ2) is 6.72. The van der Waals surface area contributed by atoms with E-state index < -0.39 is 12.2 Å². The van der Waals surface area contributed by atoms with Gasteiger partial charge in [-0.3, -0.25) is 5.43 Å². The first-order valence-corrected chi connectivity index (χ1v) is 5.13. The van der Waals surface area contributed by atoms with Gasteiger partial charge in [0.25, 0.3) is 0 Å². The van der Waals surface area contributed by atoms with Crippen LogP contribution in [0.5, 0.6) is 5.75 Å². The van der Waals surface area contributed by atoms with Crippen LogP contribution < -0.4 is 16.0 Å². The molecule has 0 aromatic heterocycles. The van der Waals surface area contributed by atoms with E-state index in [4.69, 9.17) is 10.6 Å². The number of hydrogen-bond acceptors (Lipinski definition) is 5. The van der Waals surface area contributed by atoms with Crippen molar-refractivity contribution in [3.05, 3.63) is 29.8 Å². The Kier molecular flexibility index (Phi) is 5.25. The Balaban J connectivity index is 2.31. The van der Waals surface area contributed by atoms with Crippen LogP contribution in [-0.2, 0) is 4.74 Å². The van der Waals surface area contributed by atoms with E-state index in [-0.39, 0.29) is 13.2 Å². The highest BCUT2D eigenvalue weighted by molar-refractivity contribution is 5.66. The zero-order valence-electron chi connectivity index (χ0n) is 9.55. The highest BCUT2D eigenvalue weighted by Gasteiger charge is 2.09. The molecule has 1 amide bonds. The lowest BCUT2D eigenvalue weighted by molar-refractivity contribution is 0.0388. The molecule has 0 saturated carbocycles. The lowest BCUT2D eigenvalue weighted by Crippen LogP contribution is -2.34. The SMILES string of the molecule is Cc1ccccc1OCC(O)COC(=O)NN. The molecule has 17 heavy (non-hydrogen) atoms. The summed E-state index contributed by atoms with van der Waals surface area (Å²) in [7, 11) is 0. The topological polar surface area (TPSA) is 93.8 Å². The van der Waals surface area contributed by atoms with Crippen molar-refractivity contribution in [2.45, 2.75) is 13.0 Å². The van der Waals surface area contributed by atoms with Crippen LogP contribution in [0.2, 0.25) is 0 Å². The minimum atomic E-state index is -0.896. The van der Waals surface area contributed by atoms with E-state index in [0.717, 1.165) is 5.56 Å².